The lowest BCUT2D eigenvalue weighted by molar-refractivity contribution is 0.669. The lowest BCUT2D eigenvalue weighted by Gasteiger charge is -2.28. The molecule has 12 aromatic rings. The van der Waals surface area contributed by atoms with E-state index in [0.29, 0.717) is 0 Å². The van der Waals surface area contributed by atoms with E-state index in [9.17, 15) is 0 Å². The van der Waals surface area contributed by atoms with Crippen molar-refractivity contribution in [3.8, 4) is 55.6 Å². The number of nitrogens with zero attached hydrogens (tertiary/aromatic N) is 1. The van der Waals surface area contributed by atoms with Crippen molar-refractivity contribution in [1.29, 1.82) is 0 Å². The first-order valence-corrected chi connectivity index (χ1v) is 21.4. The predicted molar refractivity (Wildman–Crippen MR) is 263 cm³/mol. The molecule has 0 fully saturated rings. The van der Waals surface area contributed by atoms with E-state index >= 15 is 0 Å². The summed E-state index contributed by atoms with van der Waals surface area (Å²) >= 11 is 0. The third-order valence-corrected chi connectivity index (χ3v) is 12.3. The molecule has 10 aromatic carbocycles. The lowest BCUT2D eigenvalue weighted by atomic mass is 9.87. The number of rotatable bonds is 8. The quantitative estimate of drug-likeness (QED) is 0.153. The van der Waals surface area contributed by atoms with E-state index in [4.69, 9.17) is 8.83 Å². The fourth-order valence-electron chi connectivity index (χ4n) is 9.38. The number of benzene rings is 10. The molecule has 3 nitrogen and oxygen atoms in total. The van der Waals surface area contributed by atoms with E-state index in [0.717, 1.165) is 88.8 Å². The van der Waals surface area contributed by atoms with Gasteiger partial charge in [0, 0.05) is 38.4 Å². The van der Waals surface area contributed by atoms with Gasteiger partial charge in [0.25, 0.3) is 0 Å². The second-order valence-corrected chi connectivity index (χ2v) is 16.0. The standard InChI is InChI=1S/C60H39NO2/c1-3-17-40(18-4-1)43-35-38-45(41-19-5-2-6-20-41)54(39-43)48-22-8-7-21-47(48)49-23-9-12-29-55(49)61(56-30-16-28-53-51-25-11-14-32-58(51)63-60(53)56)44-36-33-42(34-37-44)46-26-15-27-52-50-24-10-13-31-57(50)62-59(46)52/h1-39H. The minimum atomic E-state index is 0.833. The highest BCUT2D eigenvalue weighted by Gasteiger charge is 2.24. The Kier molecular flexibility index (Phi) is 8.83. The number of hydrogen-bond donors (Lipinski definition) is 0. The zero-order chi connectivity index (χ0) is 41.7. The Morgan fingerprint density at radius 2 is 0.730 bits per heavy atom. The molecule has 0 spiro atoms. The van der Waals surface area contributed by atoms with E-state index in [1.807, 2.05) is 18.2 Å². The largest absolute Gasteiger partial charge is 0.455 e. The molecular formula is C60H39NO2. The number of hydrogen-bond acceptors (Lipinski definition) is 3. The molecule has 63 heavy (non-hydrogen) atoms. The first-order chi connectivity index (χ1) is 31.3. The molecule has 0 radical (unpaired) electrons. The smallest absolute Gasteiger partial charge is 0.159 e. The highest BCUT2D eigenvalue weighted by molar-refractivity contribution is 6.12. The fourth-order valence-corrected chi connectivity index (χ4v) is 9.38. The molecule has 0 saturated carbocycles. The Morgan fingerprint density at radius 3 is 1.44 bits per heavy atom. The van der Waals surface area contributed by atoms with E-state index in [1.54, 1.807) is 0 Å². The van der Waals surface area contributed by atoms with Crippen LogP contribution < -0.4 is 4.90 Å². The summed E-state index contributed by atoms with van der Waals surface area (Å²) in [5, 5.41) is 4.40. The Bertz CT molecular complexity index is 3620. The molecule has 296 valence electrons. The zero-order valence-electron chi connectivity index (χ0n) is 34.3. The maximum atomic E-state index is 6.78. The zero-order valence-corrected chi connectivity index (χ0v) is 34.3. The summed E-state index contributed by atoms with van der Waals surface area (Å²) in [5.41, 5.74) is 17.9. The molecule has 0 aliphatic rings. The van der Waals surface area contributed by atoms with Crippen LogP contribution in [0.25, 0.3) is 99.5 Å². The SMILES string of the molecule is c1ccc(-c2ccc(-c3ccccc3)c(-c3ccccc3-c3ccccc3N(c3ccc(-c4cccc5c4oc4ccccc45)cc3)c3cccc4c3oc3ccccc34)c2)cc1. The van der Waals surface area contributed by atoms with Crippen LogP contribution in [0.2, 0.25) is 0 Å². The van der Waals surface area contributed by atoms with Crippen molar-refractivity contribution in [2.24, 2.45) is 0 Å². The van der Waals surface area contributed by atoms with Crippen molar-refractivity contribution in [3.63, 3.8) is 0 Å². The first-order valence-electron chi connectivity index (χ1n) is 21.4. The summed E-state index contributed by atoms with van der Waals surface area (Å²) in [6.07, 6.45) is 0. The topological polar surface area (TPSA) is 29.5 Å². The van der Waals surface area contributed by atoms with Gasteiger partial charge in [-0.15, -0.1) is 0 Å². The molecule has 0 N–H and O–H groups in total. The molecule has 2 heterocycles. The average Bonchev–Trinajstić information content (AvgIpc) is 3.94. The highest BCUT2D eigenvalue weighted by Crippen LogP contribution is 2.48. The van der Waals surface area contributed by atoms with Gasteiger partial charge in [0.1, 0.15) is 16.7 Å². The van der Waals surface area contributed by atoms with Crippen molar-refractivity contribution in [2.75, 3.05) is 4.90 Å². The minimum absolute atomic E-state index is 0.833. The highest BCUT2D eigenvalue weighted by atomic mass is 16.3. The van der Waals surface area contributed by atoms with Crippen LogP contribution in [0.3, 0.4) is 0 Å². The first kappa shape index (κ1) is 36.5. The van der Waals surface area contributed by atoms with Crippen LogP contribution in [0.15, 0.2) is 245 Å². The van der Waals surface area contributed by atoms with Crippen LogP contribution in [0.4, 0.5) is 17.1 Å². The minimum Gasteiger partial charge on any atom is -0.455 e. The molecule has 0 atom stereocenters. The molecule has 3 heteroatoms. The van der Waals surface area contributed by atoms with Crippen LogP contribution in [0.1, 0.15) is 0 Å². The van der Waals surface area contributed by atoms with Gasteiger partial charge in [-0.2, -0.15) is 0 Å². The summed E-state index contributed by atoms with van der Waals surface area (Å²) in [7, 11) is 0. The third-order valence-electron chi connectivity index (χ3n) is 12.3. The van der Waals surface area contributed by atoms with Gasteiger partial charge >= 0.3 is 0 Å². The Balaban J connectivity index is 1.07. The van der Waals surface area contributed by atoms with E-state index in [-0.39, 0.29) is 0 Å². The summed E-state index contributed by atoms with van der Waals surface area (Å²) in [6, 6.07) is 84.1. The molecular weight excluding hydrogens is 767 g/mol. The summed E-state index contributed by atoms with van der Waals surface area (Å²) in [6.45, 7) is 0. The average molecular weight is 806 g/mol. The van der Waals surface area contributed by atoms with Crippen molar-refractivity contribution in [1.82, 2.24) is 0 Å². The van der Waals surface area contributed by atoms with Gasteiger partial charge < -0.3 is 13.7 Å². The summed E-state index contributed by atoms with van der Waals surface area (Å²) in [5.74, 6) is 0. The Hall–Kier alpha value is -8.40. The summed E-state index contributed by atoms with van der Waals surface area (Å²) in [4.78, 5) is 2.36. The number of fused-ring (bicyclic) bond motifs is 6. The van der Waals surface area contributed by atoms with Gasteiger partial charge in [-0.1, -0.05) is 194 Å². The molecule has 0 saturated heterocycles. The summed E-state index contributed by atoms with van der Waals surface area (Å²) < 4.78 is 13.3. The maximum absolute atomic E-state index is 6.78. The second-order valence-electron chi connectivity index (χ2n) is 16.0. The van der Waals surface area contributed by atoms with Gasteiger partial charge in [-0.3, -0.25) is 0 Å². The van der Waals surface area contributed by atoms with Crippen molar-refractivity contribution in [2.45, 2.75) is 0 Å². The Morgan fingerprint density at radius 1 is 0.254 bits per heavy atom. The normalized spacial score (nSPS) is 11.5. The van der Waals surface area contributed by atoms with Gasteiger partial charge in [0.2, 0.25) is 0 Å². The van der Waals surface area contributed by atoms with E-state index < -0.39 is 0 Å². The lowest BCUT2D eigenvalue weighted by Crippen LogP contribution is -2.11. The van der Waals surface area contributed by atoms with Crippen molar-refractivity contribution in [3.05, 3.63) is 237 Å². The molecule has 0 unspecified atom stereocenters. The molecule has 0 aliphatic carbocycles. The Labute approximate surface area is 365 Å². The van der Waals surface area contributed by atoms with Crippen LogP contribution in [-0.2, 0) is 0 Å². The monoisotopic (exact) mass is 805 g/mol. The van der Waals surface area contributed by atoms with Gasteiger partial charge in [0.05, 0.1) is 11.4 Å². The molecule has 2 aromatic heterocycles. The van der Waals surface area contributed by atoms with Crippen LogP contribution in [0.5, 0.6) is 0 Å². The molecule has 0 amide bonds. The second kappa shape index (κ2) is 15.3. The fraction of sp³-hybridized carbons (Fsp3) is 0. The third kappa shape index (κ3) is 6.29. The van der Waals surface area contributed by atoms with Crippen molar-refractivity contribution >= 4 is 60.9 Å². The predicted octanol–water partition coefficient (Wildman–Crippen LogP) is 17.3. The number of para-hydroxylation sites is 5. The number of anilines is 3. The van der Waals surface area contributed by atoms with E-state index in [1.165, 1.54) is 27.8 Å². The van der Waals surface area contributed by atoms with Gasteiger partial charge in [0.15, 0.2) is 5.58 Å². The molecule has 0 bridgehead atoms. The van der Waals surface area contributed by atoms with Crippen molar-refractivity contribution < 1.29 is 8.83 Å². The van der Waals surface area contributed by atoms with E-state index in [2.05, 4.69) is 223 Å². The van der Waals surface area contributed by atoms with Crippen LogP contribution in [0, 0.1) is 0 Å². The number of furan rings is 2. The van der Waals surface area contributed by atoms with Crippen LogP contribution >= 0.6 is 0 Å². The molecule has 12 rings (SSSR count). The van der Waals surface area contributed by atoms with Gasteiger partial charge in [-0.05, 0) is 87.0 Å². The van der Waals surface area contributed by atoms with Gasteiger partial charge in [-0.25, -0.2) is 0 Å². The maximum Gasteiger partial charge on any atom is 0.159 e. The molecule has 0 aliphatic heterocycles. The van der Waals surface area contributed by atoms with Crippen LogP contribution in [-0.4, -0.2) is 0 Å².